The SMILES string of the molecule is COc1ccc(CCC(=O)N2CCCC(Oc3ccccc3)C2)cc1OC. The number of piperidine rings is 1. The molecule has 0 saturated carbocycles. The van der Waals surface area contributed by atoms with Crippen molar-refractivity contribution >= 4 is 5.91 Å². The van der Waals surface area contributed by atoms with Gasteiger partial charge in [0.15, 0.2) is 11.5 Å². The summed E-state index contributed by atoms with van der Waals surface area (Å²) >= 11 is 0. The third-order valence-corrected chi connectivity index (χ3v) is 4.85. The standard InChI is InChI=1S/C22H27NO4/c1-25-20-12-10-17(15-21(20)26-2)11-13-22(24)23-14-6-9-19(16-23)27-18-7-4-3-5-8-18/h3-5,7-8,10,12,15,19H,6,9,11,13-14,16H2,1-2H3. The zero-order chi connectivity index (χ0) is 19.1. The molecule has 2 aromatic rings. The Bertz CT molecular complexity index is 747. The number of methoxy groups -OCH3 is 2. The third kappa shape index (κ3) is 5.16. The van der Waals surface area contributed by atoms with Crippen LogP contribution in [0, 0.1) is 0 Å². The molecule has 144 valence electrons. The number of para-hydroxylation sites is 1. The topological polar surface area (TPSA) is 48.0 Å². The van der Waals surface area contributed by atoms with Crippen LogP contribution in [0.5, 0.6) is 17.2 Å². The highest BCUT2D eigenvalue weighted by Crippen LogP contribution is 2.28. The van der Waals surface area contributed by atoms with E-state index in [9.17, 15) is 4.79 Å². The van der Waals surface area contributed by atoms with E-state index in [1.165, 1.54) is 0 Å². The van der Waals surface area contributed by atoms with Gasteiger partial charge in [0.1, 0.15) is 11.9 Å². The maximum Gasteiger partial charge on any atom is 0.223 e. The van der Waals surface area contributed by atoms with E-state index in [4.69, 9.17) is 14.2 Å². The summed E-state index contributed by atoms with van der Waals surface area (Å²) in [6, 6.07) is 15.6. The van der Waals surface area contributed by atoms with Crippen molar-refractivity contribution in [3.05, 3.63) is 54.1 Å². The van der Waals surface area contributed by atoms with Gasteiger partial charge in [0, 0.05) is 13.0 Å². The summed E-state index contributed by atoms with van der Waals surface area (Å²) in [5.41, 5.74) is 1.06. The van der Waals surface area contributed by atoms with Crippen molar-refractivity contribution in [1.82, 2.24) is 4.90 Å². The van der Waals surface area contributed by atoms with Crippen LogP contribution in [0.1, 0.15) is 24.8 Å². The molecule has 0 aliphatic carbocycles. The largest absolute Gasteiger partial charge is 0.493 e. The lowest BCUT2D eigenvalue weighted by atomic mass is 10.1. The van der Waals surface area contributed by atoms with Crippen molar-refractivity contribution in [1.29, 1.82) is 0 Å². The van der Waals surface area contributed by atoms with Crippen LogP contribution in [0.2, 0.25) is 0 Å². The van der Waals surface area contributed by atoms with Crippen LogP contribution < -0.4 is 14.2 Å². The molecular weight excluding hydrogens is 342 g/mol. The summed E-state index contributed by atoms with van der Waals surface area (Å²) in [5, 5.41) is 0. The highest BCUT2D eigenvalue weighted by Gasteiger charge is 2.24. The number of carbonyl (C=O) groups is 1. The van der Waals surface area contributed by atoms with Crippen LogP contribution in [0.15, 0.2) is 48.5 Å². The normalized spacial score (nSPS) is 16.7. The molecule has 3 rings (SSSR count). The average molecular weight is 369 g/mol. The molecule has 1 aliphatic heterocycles. The summed E-state index contributed by atoms with van der Waals surface area (Å²) in [6.07, 6.45) is 3.17. The number of hydrogen-bond donors (Lipinski definition) is 0. The fourth-order valence-electron chi connectivity index (χ4n) is 3.40. The van der Waals surface area contributed by atoms with Crippen molar-refractivity contribution < 1.29 is 19.0 Å². The van der Waals surface area contributed by atoms with E-state index < -0.39 is 0 Å². The summed E-state index contributed by atoms with van der Waals surface area (Å²) < 4.78 is 16.6. The molecule has 2 aromatic carbocycles. The van der Waals surface area contributed by atoms with E-state index in [2.05, 4.69) is 0 Å². The van der Waals surface area contributed by atoms with Crippen LogP contribution in [0.25, 0.3) is 0 Å². The molecule has 5 heteroatoms. The molecule has 1 amide bonds. The summed E-state index contributed by atoms with van der Waals surface area (Å²) in [6.45, 7) is 1.46. The quantitative estimate of drug-likeness (QED) is 0.747. The Balaban J connectivity index is 1.53. The summed E-state index contributed by atoms with van der Waals surface area (Å²) in [4.78, 5) is 14.6. The third-order valence-electron chi connectivity index (χ3n) is 4.85. The Morgan fingerprint density at radius 1 is 1.07 bits per heavy atom. The molecule has 0 spiro atoms. The van der Waals surface area contributed by atoms with Gasteiger partial charge < -0.3 is 19.1 Å². The van der Waals surface area contributed by atoms with Crippen molar-refractivity contribution in [2.45, 2.75) is 31.8 Å². The number of hydrogen-bond acceptors (Lipinski definition) is 4. The fourth-order valence-corrected chi connectivity index (χ4v) is 3.40. The van der Waals surface area contributed by atoms with Crippen molar-refractivity contribution in [3.8, 4) is 17.2 Å². The van der Waals surface area contributed by atoms with Crippen LogP contribution in [0.4, 0.5) is 0 Å². The minimum Gasteiger partial charge on any atom is -0.493 e. The fraction of sp³-hybridized carbons (Fsp3) is 0.409. The molecule has 5 nitrogen and oxygen atoms in total. The second-order valence-electron chi connectivity index (χ2n) is 6.72. The van der Waals surface area contributed by atoms with E-state index in [1.807, 2.05) is 53.4 Å². The number of amides is 1. The number of ether oxygens (including phenoxy) is 3. The van der Waals surface area contributed by atoms with E-state index >= 15 is 0 Å². The molecule has 0 aromatic heterocycles. The van der Waals surface area contributed by atoms with Gasteiger partial charge in [-0.25, -0.2) is 0 Å². The first kappa shape index (κ1) is 19.1. The Kier molecular flexibility index (Phi) is 6.58. The predicted molar refractivity (Wildman–Crippen MR) is 105 cm³/mol. The Morgan fingerprint density at radius 2 is 1.85 bits per heavy atom. The Labute approximate surface area is 160 Å². The first-order chi connectivity index (χ1) is 13.2. The average Bonchev–Trinajstić information content (AvgIpc) is 2.72. The molecule has 1 unspecified atom stereocenters. The lowest BCUT2D eigenvalue weighted by molar-refractivity contribution is -0.133. The maximum atomic E-state index is 12.7. The van der Waals surface area contributed by atoms with Crippen molar-refractivity contribution in [2.75, 3.05) is 27.3 Å². The number of carbonyl (C=O) groups excluding carboxylic acids is 1. The van der Waals surface area contributed by atoms with Gasteiger partial charge in [-0.2, -0.15) is 0 Å². The molecular formula is C22H27NO4. The number of rotatable bonds is 7. The monoisotopic (exact) mass is 369 g/mol. The van der Waals surface area contributed by atoms with Crippen molar-refractivity contribution in [2.24, 2.45) is 0 Å². The molecule has 1 aliphatic rings. The van der Waals surface area contributed by atoms with Crippen LogP contribution >= 0.6 is 0 Å². The predicted octanol–water partition coefficient (Wildman–Crippen LogP) is 3.71. The van der Waals surface area contributed by atoms with Gasteiger partial charge in [-0.3, -0.25) is 4.79 Å². The highest BCUT2D eigenvalue weighted by atomic mass is 16.5. The van der Waals surface area contributed by atoms with E-state index in [1.54, 1.807) is 14.2 Å². The summed E-state index contributed by atoms with van der Waals surface area (Å²) in [5.74, 6) is 2.43. The Morgan fingerprint density at radius 3 is 2.59 bits per heavy atom. The van der Waals surface area contributed by atoms with Gasteiger partial charge in [0.2, 0.25) is 5.91 Å². The van der Waals surface area contributed by atoms with Crippen LogP contribution in [-0.4, -0.2) is 44.2 Å². The van der Waals surface area contributed by atoms with E-state index in [-0.39, 0.29) is 12.0 Å². The van der Waals surface area contributed by atoms with Crippen molar-refractivity contribution in [3.63, 3.8) is 0 Å². The first-order valence-electron chi connectivity index (χ1n) is 9.40. The molecule has 1 atom stereocenters. The van der Waals surface area contributed by atoms with Gasteiger partial charge in [0.25, 0.3) is 0 Å². The van der Waals surface area contributed by atoms with Gasteiger partial charge in [-0.15, -0.1) is 0 Å². The summed E-state index contributed by atoms with van der Waals surface area (Å²) in [7, 11) is 3.23. The zero-order valence-corrected chi connectivity index (χ0v) is 16.0. The molecule has 0 N–H and O–H groups in total. The van der Waals surface area contributed by atoms with E-state index in [0.717, 1.165) is 30.7 Å². The number of aryl methyl sites for hydroxylation is 1. The molecule has 0 radical (unpaired) electrons. The highest BCUT2D eigenvalue weighted by molar-refractivity contribution is 5.76. The Hall–Kier alpha value is -2.69. The van der Waals surface area contributed by atoms with Gasteiger partial charge in [-0.05, 0) is 49.1 Å². The first-order valence-corrected chi connectivity index (χ1v) is 9.40. The van der Waals surface area contributed by atoms with Crippen LogP contribution in [-0.2, 0) is 11.2 Å². The van der Waals surface area contributed by atoms with E-state index in [0.29, 0.717) is 30.9 Å². The molecule has 1 fully saturated rings. The smallest absolute Gasteiger partial charge is 0.223 e. The van der Waals surface area contributed by atoms with Crippen LogP contribution in [0.3, 0.4) is 0 Å². The van der Waals surface area contributed by atoms with Gasteiger partial charge >= 0.3 is 0 Å². The van der Waals surface area contributed by atoms with Gasteiger partial charge in [-0.1, -0.05) is 24.3 Å². The molecule has 1 saturated heterocycles. The molecule has 27 heavy (non-hydrogen) atoms. The minimum atomic E-state index is 0.0613. The molecule has 0 bridgehead atoms. The van der Waals surface area contributed by atoms with Gasteiger partial charge in [0.05, 0.1) is 20.8 Å². The molecule has 1 heterocycles. The minimum absolute atomic E-state index is 0.0613. The second kappa shape index (κ2) is 9.31. The number of benzene rings is 2. The zero-order valence-electron chi connectivity index (χ0n) is 16.0. The maximum absolute atomic E-state index is 12.7. The lowest BCUT2D eigenvalue weighted by Crippen LogP contribution is -2.44. The lowest BCUT2D eigenvalue weighted by Gasteiger charge is -2.33. The number of nitrogens with zero attached hydrogens (tertiary/aromatic N) is 1. The number of likely N-dealkylation sites (tertiary alicyclic amines) is 1. The second-order valence-corrected chi connectivity index (χ2v) is 6.72.